The number of nitrogens with zero attached hydrogens (tertiary/aromatic N) is 2. The molecular weight excluding hydrogens is 352 g/mol. The first kappa shape index (κ1) is 18.6. The van der Waals surface area contributed by atoms with Gasteiger partial charge in [-0.3, -0.25) is 9.35 Å². The van der Waals surface area contributed by atoms with Crippen LogP contribution in [0.1, 0.15) is 11.1 Å². The van der Waals surface area contributed by atoms with Crippen LogP contribution in [0.15, 0.2) is 23.3 Å². The number of benzene rings is 1. The van der Waals surface area contributed by atoms with Crippen LogP contribution in [0.2, 0.25) is 0 Å². The minimum atomic E-state index is -3.67. The van der Waals surface area contributed by atoms with Gasteiger partial charge in [0.25, 0.3) is 16.0 Å². The zero-order valence-electron chi connectivity index (χ0n) is 13.4. The van der Waals surface area contributed by atoms with Crippen LogP contribution in [0.5, 0.6) is 0 Å². The first-order chi connectivity index (χ1) is 11.2. The number of amidine groups is 1. The SMILES string of the molecule is CS(=O)(=O)O.Cc1ccc(C2=NNC(=O)C3CSCCN23)cc1N. The Morgan fingerprint density at radius 1 is 1.46 bits per heavy atom. The molecule has 0 aliphatic carbocycles. The van der Waals surface area contributed by atoms with Crippen molar-refractivity contribution in [2.75, 3.05) is 30.0 Å². The predicted molar refractivity (Wildman–Crippen MR) is 95.6 cm³/mol. The molecule has 3 rings (SSSR count). The number of aryl methyl sites for hydroxylation is 1. The Kier molecular flexibility index (Phi) is 5.73. The highest BCUT2D eigenvalue weighted by Crippen LogP contribution is 2.23. The van der Waals surface area contributed by atoms with Crippen LogP contribution < -0.4 is 11.2 Å². The van der Waals surface area contributed by atoms with Crippen molar-refractivity contribution >= 4 is 39.3 Å². The third-order valence-electron chi connectivity index (χ3n) is 3.51. The van der Waals surface area contributed by atoms with Gasteiger partial charge in [0.1, 0.15) is 6.04 Å². The van der Waals surface area contributed by atoms with Gasteiger partial charge >= 0.3 is 0 Å². The van der Waals surface area contributed by atoms with Crippen molar-refractivity contribution in [2.45, 2.75) is 13.0 Å². The number of nitrogens with one attached hydrogen (secondary N) is 1. The first-order valence-electron chi connectivity index (χ1n) is 7.17. The fourth-order valence-corrected chi connectivity index (χ4v) is 3.38. The lowest BCUT2D eigenvalue weighted by Gasteiger charge is -2.38. The van der Waals surface area contributed by atoms with Crippen molar-refractivity contribution in [2.24, 2.45) is 5.10 Å². The topological polar surface area (TPSA) is 125 Å². The van der Waals surface area contributed by atoms with Crippen LogP contribution in [0, 0.1) is 6.92 Å². The van der Waals surface area contributed by atoms with E-state index in [0.29, 0.717) is 6.26 Å². The number of rotatable bonds is 1. The Morgan fingerprint density at radius 3 is 2.75 bits per heavy atom. The lowest BCUT2D eigenvalue weighted by molar-refractivity contribution is -0.125. The summed E-state index contributed by atoms with van der Waals surface area (Å²) in [5, 5.41) is 4.21. The molecule has 1 saturated heterocycles. The Balaban J connectivity index is 0.000000368. The molecule has 1 aromatic rings. The van der Waals surface area contributed by atoms with E-state index in [1.54, 1.807) is 11.8 Å². The van der Waals surface area contributed by atoms with Gasteiger partial charge in [0.15, 0.2) is 5.84 Å². The summed E-state index contributed by atoms with van der Waals surface area (Å²) >= 11 is 1.80. The molecular formula is C14H20N4O4S2. The third-order valence-corrected chi connectivity index (χ3v) is 4.54. The zero-order chi connectivity index (χ0) is 17.9. The predicted octanol–water partition coefficient (Wildman–Crippen LogP) is 0.290. The van der Waals surface area contributed by atoms with Crippen molar-refractivity contribution in [3.05, 3.63) is 29.3 Å². The second kappa shape index (κ2) is 7.41. The summed E-state index contributed by atoms with van der Waals surface area (Å²) < 4.78 is 25.9. The number of anilines is 1. The molecule has 2 aliphatic heterocycles. The molecule has 1 amide bonds. The van der Waals surface area contributed by atoms with E-state index in [4.69, 9.17) is 10.3 Å². The van der Waals surface area contributed by atoms with Crippen LogP contribution in [-0.2, 0) is 14.9 Å². The Hall–Kier alpha value is -1.78. The molecule has 0 bridgehead atoms. The molecule has 1 unspecified atom stereocenters. The summed E-state index contributed by atoms with van der Waals surface area (Å²) in [6, 6.07) is 5.79. The average molecular weight is 372 g/mol. The van der Waals surface area contributed by atoms with E-state index in [1.165, 1.54) is 0 Å². The van der Waals surface area contributed by atoms with E-state index in [0.717, 1.165) is 40.7 Å². The first-order valence-corrected chi connectivity index (χ1v) is 10.2. The Labute approximate surface area is 145 Å². The fraction of sp³-hybridized carbons (Fsp3) is 0.429. The van der Waals surface area contributed by atoms with Crippen LogP contribution in [-0.4, -0.2) is 60.0 Å². The smallest absolute Gasteiger partial charge is 0.263 e. The second-order valence-corrected chi connectivity index (χ2v) is 8.12. The second-order valence-electron chi connectivity index (χ2n) is 5.50. The summed E-state index contributed by atoms with van der Waals surface area (Å²) in [5.41, 5.74) is 11.3. The largest absolute Gasteiger partial charge is 0.398 e. The zero-order valence-corrected chi connectivity index (χ0v) is 15.0. The summed E-state index contributed by atoms with van der Waals surface area (Å²) in [7, 11) is -3.67. The maximum atomic E-state index is 11.8. The number of hydrazone groups is 1. The van der Waals surface area contributed by atoms with Gasteiger partial charge in [-0.1, -0.05) is 12.1 Å². The van der Waals surface area contributed by atoms with E-state index >= 15 is 0 Å². The number of carbonyl (C=O) groups excluding carboxylic acids is 1. The number of hydrogen-bond donors (Lipinski definition) is 3. The molecule has 0 radical (unpaired) electrons. The van der Waals surface area contributed by atoms with Gasteiger partial charge in [-0.2, -0.15) is 25.3 Å². The maximum Gasteiger partial charge on any atom is 0.263 e. The average Bonchev–Trinajstić information content (AvgIpc) is 2.49. The molecule has 0 aromatic heterocycles. The lowest BCUT2D eigenvalue weighted by Crippen LogP contribution is -2.57. The van der Waals surface area contributed by atoms with Gasteiger partial charge in [-0.05, 0) is 18.6 Å². The van der Waals surface area contributed by atoms with E-state index in [-0.39, 0.29) is 11.9 Å². The summed E-state index contributed by atoms with van der Waals surface area (Å²) in [6.45, 7) is 2.82. The number of nitrogens with two attached hydrogens (primary N) is 1. The molecule has 8 nitrogen and oxygen atoms in total. The summed E-state index contributed by atoms with van der Waals surface area (Å²) in [4.78, 5) is 13.9. The minimum absolute atomic E-state index is 0.0176. The van der Waals surface area contributed by atoms with Crippen molar-refractivity contribution in [3.8, 4) is 0 Å². The highest BCUT2D eigenvalue weighted by Gasteiger charge is 2.35. The number of hydrogen-bond acceptors (Lipinski definition) is 7. The maximum absolute atomic E-state index is 11.8. The molecule has 0 saturated carbocycles. The normalized spacial score (nSPS) is 20.3. The van der Waals surface area contributed by atoms with E-state index in [2.05, 4.69) is 15.4 Å². The van der Waals surface area contributed by atoms with Gasteiger partial charge in [-0.15, -0.1) is 0 Å². The van der Waals surface area contributed by atoms with E-state index in [9.17, 15) is 13.2 Å². The monoisotopic (exact) mass is 372 g/mol. The van der Waals surface area contributed by atoms with E-state index in [1.807, 2.05) is 25.1 Å². The lowest BCUT2D eigenvalue weighted by atomic mass is 10.1. The van der Waals surface area contributed by atoms with Crippen LogP contribution in [0.3, 0.4) is 0 Å². The number of fused-ring (bicyclic) bond motifs is 1. The minimum Gasteiger partial charge on any atom is -0.398 e. The number of nitrogen functional groups attached to an aromatic ring is 1. The summed E-state index contributed by atoms with van der Waals surface area (Å²) in [5.74, 6) is 2.63. The summed E-state index contributed by atoms with van der Waals surface area (Å²) in [6.07, 6.45) is 0.715. The van der Waals surface area contributed by atoms with Crippen molar-refractivity contribution in [1.82, 2.24) is 10.3 Å². The van der Waals surface area contributed by atoms with Crippen molar-refractivity contribution in [1.29, 1.82) is 0 Å². The highest BCUT2D eigenvalue weighted by atomic mass is 32.2. The molecule has 2 heterocycles. The Morgan fingerprint density at radius 2 is 2.12 bits per heavy atom. The van der Waals surface area contributed by atoms with Crippen molar-refractivity contribution in [3.63, 3.8) is 0 Å². The van der Waals surface area contributed by atoms with Crippen LogP contribution in [0.4, 0.5) is 5.69 Å². The molecule has 24 heavy (non-hydrogen) atoms. The molecule has 0 spiro atoms. The highest BCUT2D eigenvalue weighted by molar-refractivity contribution is 7.99. The standard InChI is InChI=1S/C13H16N4OS.CH4O3S/c1-8-2-3-9(6-10(8)14)12-15-16-13(18)11-7-19-5-4-17(11)12;1-5(2,3)4/h2-3,6,11H,4-5,7,14H2,1H3,(H,16,18);1H3,(H,2,3,4). The molecule has 1 aromatic carbocycles. The van der Waals surface area contributed by atoms with Gasteiger partial charge in [0.2, 0.25) is 0 Å². The van der Waals surface area contributed by atoms with Crippen LogP contribution in [0.25, 0.3) is 0 Å². The molecule has 1 fully saturated rings. The van der Waals surface area contributed by atoms with Crippen molar-refractivity contribution < 1.29 is 17.8 Å². The number of amides is 1. The Bertz CT molecular complexity index is 756. The third kappa shape index (κ3) is 4.86. The fourth-order valence-electron chi connectivity index (χ4n) is 2.33. The van der Waals surface area contributed by atoms with E-state index < -0.39 is 10.1 Å². The molecule has 132 valence electrons. The molecule has 2 aliphatic rings. The van der Waals surface area contributed by atoms with Gasteiger partial charge in [-0.25, -0.2) is 5.43 Å². The number of carbonyl (C=O) groups is 1. The number of thioether (sulfide) groups is 1. The molecule has 4 N–H and O–H groups in total. The van der Waals surface area contributed by atoms with Gasteiger partial charge in [0.05, 0.1) is 6.26 Å². The van der Waals surface area contributed by atoms with Crippen LogP contribution >= 0.6 is 11.8 Å². The molecule has 1 atom stereocenters. The molecule has 10 heteroatoms. The van der Waals surface area contributed by atoms with Gasteiger partial charge in [0, 0.05) is 29.3 Å². The van der Waals surface area contributed by atoms with Gasteiger partial charge < -0.3 is 10.6 Å². The quantitative estimate of drug-likeness (QED) is 0.478.